The zero-order chi connectivity index (χ0) is 20.6. The smallest absolute Gasteiger partial charge is 0.379 e. The number of halogens is 3. The maximum Gasteiger partial charge on any atom is 0.416 e. The largest absolute Gasteiger partial charge is 0.416 e. The van der Waals surface area contributed by atoms with E-state index in [0.717, 1.165) is 18.6 Å². The molecule has 1 atom stereocenters. The van der Waals surface area contributed by atoms with Gasteiger partial charge in [-0.3, -0.25) is 19.7 Å². The minimum Gasteiger partial charge on any atom is -0.379 e. The Morgan fingerprint density at radius 2 is 1.93 bits per heavy atom. The highest BCUT2D eigenvalue weighted by Crippen LogP contribution is 2.34. The third kappa shape index (κ3) is 7.12. The summed E-state index contributed by atoms with van der Waals surface area (Å²) in [5.74, 6) is -0.812. The van der Waals surface area contributed by atoms with E-state index in [2.05, 4.69) is 16.0 Å². The number of alkyl halides is 3. The lowest BCUT2D eigenvalue weighted by Crippen LogP contribution is -2.45. The molecule has 150 valence electrons. The molecule has 0 aliphatic heterocycles. The number of benzene rings is 1. The summed E-state index contributed by atoms with van der Waals surface area (Å²) in [4.78, 5) is 33.5. The summed E-state index contributed by atoms with van der Waals surface area (Å²) < 4.78 is 38.0. The summed E-state index contributed by atoms with van der Waals surface area (Å²) in [7, 11) is 0. The van der Waals surface area contributed by atoms with E-state index in [-0.39, 0.29) is 24.6 Å². The summed E-state index contributed by atoms with van der Waals surface area (Å²) in [5, 5.41) is 18.6. The van der Waals surface area contributed by atoms with Crippen LogP contribution in [0.1, 0.15) is 32.3 Å². The SMILES string of the molecule is CCCNC(=O)C(C)NC(=O)CCNc1ccc(C(F)(F)F)cc1[N+](=O)[O-]. The van der Waals surface area contributed by atoms with Gasteiger partial charge in [-0.15, -0.1) is 0 Å². The van der Waals surface area contributed by atoms with E-state index >= 15 is 0 Å². The van der Waals surface area contributed by atoms with Crippen LogP contribution in [0.3, 0.4) is 0 Å². The van der Waals surface area contributed by atoms with Crippen LogP contribution in [-0.4, -0.2) is 35.9 Å². The van der Waals surface area contributed by atoms with E-state index < -0.39 is 34.3 Å². The van der Waals surface area contributed by atoms with Gasteiger partial charge in [0.2, 0.25) is 11.8 Å². The Hall–Kier alpha value is -2.85. The number of amides is 2. The molecule has 1 aromatic rings. The van der Waals surface area contributed by atoms with Gasteiger partial charge in [-0.1, -0.05) is 6.92 Å². The van der Waals surface area contributed by atoms with Gasteiger partial charge >= 0.3 is 6.18 Å². The van der Waals surface area contributed by atoms with Crippen LogP contribution in [-0.2, 0) is 15.8 Å². The molecule has 0 heterocycles. The summed E-state index contributed by atoms with van der Waals surface area (Å²) in [6.45, 7) is 3.83. The minimum absolute atomic E-state index is 0.0542. The molecule has 0 aliphatic rings. The lowest BCUT2D eigenvalue weighted by molar-refractivity contribution is -0.384. The van der Waals surface area contributed by atoms with Crippen LogP contribution in [0.2, 0.25) is 0 Å². The van der Waals surface area contributed by atoms with E-state index in [1.165, 1.54) is 6.92 Å². The number of nitro groups is 1. The van der Waals surface area contributed by atoms with E-state index in [0.29, 0.717) is 12.6 Å². The zero-order valence-corrected chi connectivity index (χ0v) is 14.9. The second-order valence-electron chi connectivity index (χ2n) is 5.74. The fourth-order valence-electron chi connectivity index (χ4n) is 2.10. The third-order valence-corrected chi connectivity index (χ3v) is 3.51. The monoisotopic (exact) mass is 390 g/mol. The molecule has 2 amide bonds. The van der Waals surface area contributed by atoms with Crippen LogP contribution in [0.5, 0.6) is 0 Å². The Morgan fingerprint density at radius 1 is 1.26 bits per heavy atom. The molecule has 0 spiro atoms. The van der Waals surface area contributed by atoms with Crippen molar-refractivity contribution < 1.29 is 27.7 Å². The highest BCUT2D eigenvalue weighted by atomic mass is 19.4. The van der Waals surface area contributed by atoms with Gasteiger partial charge in [0.05, 0.1) is 10.5 Å². The molecule has 8 nitrogen and oxygen atoms in total. The van der Waals surface area contributed by atoms with Crippen molar-refractivity contribution in [2.45, 2.75) is 38.9 Å². The number of nitrogens with zero attached hydrogens (tertiary/aromatic N) is 1. The average Bonchev–Trinajstić information content (AvgIpc) is 2.58. The van der Waals surface area contributed by atoms with Crippen LogP contribution in [0.4, 0.5) is 24.5 Å². The molecule has 1 rings (SSSR count). The minimum atomic E-state index is -4.70. The Labute approximate surface area is 153 Å². The lowest BCUT2D eigenvalue weighted by atomic mass is 10.1. The fraction of sp³-hybridized carbons (Fsp3) is 0.500. The first-order valence-electron chi connectivity index (χ1n) is 8.22. The molecule has 0 fully saturated rings. The Morgan fingerprint density at radius 3 is 2.48 bits per heavy atom. The zero-order valence-electron chi connectivity index (χ0n) is 14.9. The van der Waals surface area contributed by atoms with Gasteiger partial charge in [0, 0.05) is 25.6 Å². The van der Waals surface area contributed by atoms with Crippen LogP contribution in [0.25, 0.3) is 0 Å². The average molecular weight is 390 g/mol. The van der Waals surface area contributed by atoms with Gasteiger partial charge in [-0.05, 0) is 25.5 Å². The Bertz CT molecular complexity index is 695. The molecule has 0 aliphatic carbocycles. The predicted octanol–water partition coefficient (Wildman–Crippen LogP) is 2.45. The molecule has 0 bridgehead atoms. The van der Waals surface area contributed by atoms with Crippen molar-refractivity contribution >= 4 is 23.2 Å². The number of anilines is 1. The van der Waals surface area contributed by atoms with E-state index in [1.54, 1.807) is 0 Å². The van der Waals surface area contributed by atoms with Crippen molar-refractivity contribution in [2.24, 2.45) is 0 Å². The van der Waals surface area contributed by atoms with Gasteiger partial charge < -0.3 is 16.0 Å². The Kier molecular flexibility index (Phi) is 8.00. The van der Waals surface area contributed by atoms with Crippen molar-refractivity contribution in [1.82, 2.24) is 10.6 Å². The van der Waals surface area contributed by atoms with E-state index in [4.69, 9.17) is 0 Å². The van der Waals surface area contributed by atoms with Crippen molar-refractivity contribution in [3.8, 4) is 0 Å². The molecule has 1 unspecified atom stereocenters. The second kappa shape index (κ2) is 9.74. The van der Waals surface area contributed by atoms with Crippen molar-refractivity contribution in [1.29, 1.82) is 0 Å². The summed E-state index contributed by atoms with van der Waals surface area (Å²) in [6.07, 6.45) is -4.07. The Balaban J connectivity index is 2.62. The first-order valence-corrected chi connectivity index (χ1v) is 8.22. The van der Waals surface area contributed by atoms with E-state index in [1.807, 2.05) is 6.92 Å². The first-order chi connectivity index (χ1) is 12.6. The van der Waals surface area contributed by atoms with Crippen molar-refractivity contribution in [2.75, 3.05) is 18.4 Å². The van der Waals surface area contributed by atoms with Crippen molar-refractivity contribution in [3.63, 3.8) is 0 Å². The van der Waals surface area contributed by atoms with Gasteiger partial charge in [-0.2, -0.15) is 13.2 Å². The van der Waals surface area contributed by atoms with Crippen molar-refractivity contribution in [3.05, 3.63) is 33.9 Å². The van der Waals surface area contributed by atoms with Crippen LogP contribution in [0.15, 0.2) is 18.2 Å². The topological polar surface area (TPSA) is 113 Å². The van der Waals surface area contributed by atoms with Crippen LogP contribution in [0, 0.1) is 10.1 Å². The second-order valence-corrected chi connectivity index (χ2v) is 5.74. The normalized spacial score (nSPS) is 12.2. The maximum atomic E-state index is 12.7. The number of rotatable bonds is 9. The molecule has 11 heteroatoms. The standard InChI is InChI=1S/C16H21F3N4O4/c1-3-7-21-15(25)10(2)22-14(24)6-8-20-12-5-4-11(16(17,18)19)9-13(12)23(26)27/h4-5,9-10,20H,3,6-8H2,1-2H3,(H,21,25)(H,22,24). The highest BCUT2D eigenvalue weighted by Gasteiger charge is 2.33. The molecule has 1 aromatic carbocycles. The van der Waals surface area contributed by atoms with Crippen LogP contribution < -0.4 is 16.0 Å². The summed E-state index contributed by atoms with van der Waals surface area (Å²) in [6, 6.07) is 1.35. The predicted molar refractivity (Wildman–Crippen MR) is 92.1 cm³/mol. The maximum absolute atomic E-state index is 12.7. The first kappa shape index (κ1) is 22.2. The van der Waals surface area contributed by atoms with Gasteiger partial charge in [0.15, 0.2) is 0 Å². The van der Waals surface area contributed by atoms with E-state index in [9.17, 15) is 32.9 Å². The number of hydrogen-bond donors (Lipinski definition) is 3. The number of carbonyl (C=O) groups is 2. The molecule has 27 heavy (non-hydrogen) atoms. The molecular formula is C16H21F3N4O4. The highest BCUT2D eigenvalue weighted by molar-refractivity contribution is 5.87. The fourth-order valence-corrected chi connectivity index (χ4v) is 2.10. The van der Waals surface area contributed by atoms with Gasteiger partial charge in [0.1, 0.15) is 11.7 Å². The number of nitrogens with one attached hydrogen (secondary N) is 3. The lowest BCUT2D eigenvalue weighted by Gasteiger charge is -2.14. The quantitative estimate of drug-likeness (QED) is 0.443. The third-order valence-electron chi connectivity index (χ3n) is 3.51. The number of hydrogen-bond acceptors (Lipinski definition) is 5. The summed E-state index contributed by atoms with van der Waals surface area (Å²) in [5.41, 5.74) is -2.00. The molecule has 0 saturated carbocycles. The van der Waals surface area contributed by atoms with Gasteiger partial charge in [-0.25, -0.2) is 0 Å². The molecule has 0 radical (unpaired) electrons. The summed E-state index contributed by atoms with van der Waals surface area (Å²) >= 11 is 0. The number of carbonyl (C=O) groups excluding carboxylic acids is 2. The van der Waals surface area contributed by atoms with Gasteiger partial charge in [0.25, 0.3) is 5.69 Å². The molecule has 3 N–H and O–H groups in total. The molecule has 0 saturated heterocycles. The number of nitro benzene ring substituents is 1. The van der Waals surface area contributed by atoms with Crippen LogP contribution >= 0.6 is 0 Å². The molecular weight excluding hydrogens is 369 g/mol. The molecule has 0 aromatic heterocycles.